The number of nitrogens with zero attached hydrogens (tertiary/aromatic N) is 3. The van der Waals surface area contributed by atoms with Gasteiger partial charge in [0.05, 0.1) is 35.7 Å². The highest BCUT2D eigenvalue weighted by Crippen LogP contribution is 2.26. The monoisotopic (exact) mass is 352 g/mol. The molecule has 1 aliphatic heterocycles. The fourth-order valence-corrected chi connectivity index (χ4v) is 2.45. The third kappa shape index (κ3) is 3.90. The van der Waals surface area contributed by atoms with Crippen molar-refractivity contribution >= 4 is 40.6 Å². The Bertz CT molecular complexity index is 703. The highest BCUT2D eigenvalue weighted by atomic mass is 35.5. The first kappa shape index (κ1) is 16.0. The van der Waals surface area contributed by atoms with Gasteiger partial charge < -0.3 is 15.0 Å². The third-order valence-electron chi connectivity index (χ3n) is 3.36. The van der Waals surface area contributed by atoms with Crippen molar-refractivity contribution in [3.63, 3.8) is 0 Å². The Morgan fingerprint density at radius 2 is 1.91 bits per heavy atom. The van der Waals surface area contributed by atoms with Crippen LogP contribution in [-0.4, -0.2) is 47.1 Å². The summed E-state index contributed by atoms with van der Waals surface area (Å²) < 4.78 is 5.23. The van der Waals surface area contributed by atoms with E-state index in [-0.39, 0.29) is 5.91 Å². The van der Waals surface area contributed by atoms with Gasteiger partial charge in [-0.1, -0.05) is 23.2 Å². The average molecular weight is 353 g/mol. The van der Waals surface area contributed by atoms with E-state index in [2.05, 4.69) is 15.3 Å². The van der Waals surface area contributed by atoms with E-state index in [1.54, 1.807) is 23.1 Å². The van der Waals surface area contributed by atoms with E-state index < -0.39 is 0 Å². The fourth-order valence-electron chi connectivity index (χ4n) is 2.15. The van der Waals surface area contributed by atoms with Gasteiger partial charge in [0, 0.05) is 18.8 Å². The lowest BCUT2D eigenvalue weighted by atomic mass is 10.3. The van der Waals surface area contributed by atoms with Crippen molar-refractivity contribution in [2.75, 3.05) is 31.6 Å². The summed E-state index contributed by atoms with van der Waals surface area (Å²) >= 11 is 11.8. The molecule has 2 aromatic rings. The van der Waals surface area contributed by atoms with Gasteiger partial charge in [0.15, 0.2) is 0 Å². The van der Waals surface area contributed by atoms with E-state index in [0.717, 1.165) is 5.69 Å². The van der Waals surface area contributed by atoms with Crippen molar-refractivity contribution in [2.24, 2.45) is 0 Å². The zero-order chi connectivity index (χ0) is 16.2. The molecule has 0 unspecified atom stereocenters. The number of ether oxygens (including phenoxy) is 1. The van der Waals surface area contributed by atoms with Crippen molar-refractivity contribution in [1.29, 1.82) is 0 Å². The predicted octanol–water partition coefficient (Wildman–Crippen LogP) is 3.00. The summed E-state index contributed by atoms with van der Waals surface area (Å²) in [6.45, 7) is 2.25. The zero-order valence-corrected chi connectivity index (χ0v) is 13.6. The second kappa shape index (κ2) is 7.12. The molecule has 1 aromatic carbocycles. The number of hydrogen-bond acceptors (Lipinski definition) is 5. The Hall–Kier alpha value is -1.89. The molecule has 0 atom stereocenters. The Labute approximate surface area is 143 Å². The maximum absolute atomic E-state index is 12.3. The molecule has 1 saturated heterocycles. The maximum Gasteiger partial charge on any atom is 0.274 e. The smallest absolute Gasteiger partial charge is 0.274 e. The first-order chi connectivity index (χ1) is 11.1. The summed E-state index contributed by atoms with van der Waals surface area (Å²) in [6.07, 6.45) is 2.97. The van der Waals surface area contributed by atoms with E-state index >= 15 is 0 Å². The van der Waals surface area contributed by atoms with Crippen LogP contribution in [0.5, 0.6) is 0 Å². The molecular weight excluding hydrogens is 339 g/mol. The summed E-state index contributed by atoms with van der Waals surface area (Å²) in [5.41, 5.74) is 1.05. The summed E-state index contributed by atoms with van der Waals surface area (Å²) in [6, 6.07) is 5.16. The van der Waals surface area contributed by atoms with Crippen LogP contribution in [0.2, 0.25) is 10.0 Å². The van der Waals surface area contributed by atoms with Crippen LogP contribution < -0.4 is 5.32 Å². The lowest BCUT2D eigenvalue weighted by Crippen LogP contribution is -2.41. The molecule has 120 valence electrons. The topological polar surface area (TPSA) is 67.4 Å². The van der Waals surface area contributed by atoms with Gasteiger partial charge in [0.1, 0.15) is 11.5 Å². The van der Waals surface area contributed by atoms with Gasteiger partial charge in [-0.2, -0.15) is 0 Å². The molecule has 8 heteroatoms. The molecule has 2 heterocycles. The van der Waals surface area contributed by atoms with Crippen molar-refractivity contribution in [3.8, 4) is 0 Å². The summed E-state index contributed by atoms with van der Waals surface area (Å²) in [4.78, 5) is 22.4. The quantitative estimate of drug-likeness (QED) is 0.919. The lowest BCUT2D eigenvalue weighted by Gasteiger charge is -2.26. The number of halogens is 2. The van der Waals surface area contributed by atoms with Crippen molar-refractivity contribution < 1.29 is 9.53 Å². The second-order valence-electron chi connectivity index (χ2n) is 4.95. The van der Waals surface area contributed by atoms with Crippen molar-refractivity contribution in [2.45, 2.75) is 0 Å². The molecule has 1 N–H and O–H groups in total. The lowest BCUT2D eigenvalue weighted by molar-refractivity contribution is 0.0298. The van der Waals surface area contributed by atoms with Crippen molar-refractivity contribution in [3.05, 3.63) is 46.3 Å². The number of benzene rings is 1. The summed E-state index contributed by atoms with van der Waals surface area (Å²) in [5.74, 6) is 0.379. The van der Waals surface area contributed by atoms with Crippen LogP contribution in [0, 0.1) is 0 Å². The molecule has 1 amide bonds. The molecule has 3 rings (SSSR count). The Morgan fingerprint density at radius 3 is 2.57 bits per heavy atom. The molecule has 0 saturated carbocycles. The number of amides is 1. The summed E-state index contributed by atoms with van der Waals surface area (Å²) in [5, 5.41) is 3.99. The summed E-state index contributed by atoms with van der Waals surface area (Å²) in [7, 11) is 0. The average Bonchev–Trinajstić information content (AvgIpc) is 2.59. The first-order valence-corrected chi connectivity index (χ1v) is 7.80. The standard InChI is InChI=1S/C15H14Cl2N4O2/c16-11-2-1-10(7-12(11)17)20-14-9-18-13(8-19-14)15(22)21-3-5-23-6-4-21/h1-2,7-9H,3-6H2,(H,19,20). The molecular formula is C15H14Cl2N4O2. The normalized spacial score (nSPS) is 14.6. The maximum atomic E-state index is 12.3. The van der Waals surface area contributed by atoms with Crippen LogP contribution in [0.1, 0.15) is 10.5 Å². The van der Waals surface area contributed by atoms with Crippen LogP contribution >= 0.6 is 23.2 Å². The predicted molar refractivity (Wildman–Crippen MR) is 88.5 cm³/mol. The molecule has 0 radical (unpaired) electrons. The number of aromatic nitrogens is 2. The highest BCUT2D eigenvalue weighted by molar-refractivity contribution is 6.42. The van der Waals surface area contributed by atoms with Crippen LogP contribution in [0.3, 0.4) is 0 Å². The van der Waals surface area contributed by atoms with Gasteiger partial charge >= 0.3 is 0 Å². The van der Waals surface area contributed by atoms with Crippen LogP contribution in [0.4, 0.5) is 11.5 Å². The Morgan fingerprint density at radius 1 is 1.13 bits per heavy atom. The van der Waals surface area contributed by atoms with Gasteiger partial charge in [0.25, 0.3) is 5.91 Å². The Kier molecular flexibility index (Phi) is 4.95. The molecule has 1 fully saturated rings. The van der Waals surface area contributed by atoms with Gasteiger partial charge in [-0.25, -0.2) is 9.97 Å². The number of carbonyl (C=O) groups excluding carboxylic acids is 1. The number of morpholine rings is 1. The fraction of sp³-hybridized carbons (Fsp3) is 0.267. The van der Waals surface area contributed by atoms with Gasteiger partial charge in [0.2, 0.25) is 0 Å². The molecule has 1 aliphatic rings. The molecule has 23 heavy (non-hydrogen) atoms. The SMILES string of the molecule is O=C(c1cnc(Nc2ccc(Cl)c(Cl)c2)cn1)N1CCOCC1. The molecule has 0 spiro atoms. The minimum Gasteiger partial charge on any atom is -0.378 e. The van der Waals surface area contributed by atoms with Gasteiger partial charge in [-0.3, -0.25) is 4.79 Å². The molecule has 0 aliphatic carbocycles. The van der Waals surface area contributed by atoms with E-state index in [9.17, 15) is 4.79 Å². The van der Waals surface area contributed by atoms with Crippen LogP contribution in [0.25, 0.3) is 0 Å². The van der Waals surface area contributed by atoms with E-state index in [1.807, 2.05) is 0 Å². The van der Waals surface area contributed by atoms with E-state index in [0.29, 0.717) is 47.9 Å². The first-order valence-electron chi connectivity index (χ1n) is 7.04. The van der Waals surface area contributed by atoms with Gasteiger partial charge in [-0.15, -0.1) is 0 Å². The number of hydrogen-bond donors (Lipinski definition) is 1. The molecule has 6 nitrogen and oxygen atoms in total. The minimum atomic E-state index is -0.137. The number of rotatable bonds is 3. The van der Waals surface area contributed by atoms with Crippen LogP contribution in [-0.2, 0) is 4.74 Å². The third-order valence-corrected chi connectivity index (χ3v) is 4.10. The number of anilines is 2. The number of nitrogens with one attached hydrogen (secondary N) is 1. The minimum absolute atomic E-state index is 0.137. The Balaban J connectivity index is 1.68. The largest absolute Gasteiger partial charge is 0.378 e. The zero-order valence-electron chi connectivity index (χ0n) is 12.1. The van der Waals surface area contributed by atoms with E-state index in [4.69, 9.17) is 27.9 Å². The number of carbonyl (C=O) groups is 1. The molecule has 1 aromatic heterocycles. The molecule has 0 bridgehead atoms. The van der Waals surface area contributed by atoms with E-state index in [1.165, 1.54) is 12.4 Å². The van der Waals surface area contributed by atoms with Crippen LogP contribution in [0.15, 0.2) is 30.6 Å². The van der Waals surface area contributed by atoms with Crippen molar-refractivity contribution in [1.82, 2.24) is 14.9 Å². The van der Waals surface area contributed by atoms with Gasteiger partial charge in [-0.05, 0) is 18.2 Å². The second-order valence-corrected chi connectivity index (χ2v) is 5.76. The highest BCUT2D eigenvalue weighted by Gasteiger charge is 2.19.